The van der Waals surface area contributed by atoms with E-state index in [9.17, 15) is 0 Å². The first-order valence-corrected chi connectivity index (χ1v) is 6.67. The summed E-state index contributed by atoms with van der Waals surface area (Å²) in [5.41, 5.74) is 4.68. The van der Waals surface area contributed by atoms with Gasteiger partial charge in [0, 0.05) is 5.38 Å². The predicted octanol–water partition coefficient (Wildman–Crippen LogP) is 4.03. The van der Waals surface area contributed by atoms with Crippen molar-refractivity contribution in [1.82, 2.24) is 4.98 Å². The van der Waals surface area contributed by atoms with Crippen LogP contribution in [0.3, 0.4) is 0 Å². The Balaban J connectivity index is 2.72. The molecule has 0 bridgehead atoms. The van der Waals surface area contributed by atoms with Crippen LogP contribution in [0.4, 0.5) is 0 Å². The fourth-order valence-corrected chi connectivity index (χ4v) is 3.07. The lowest BCUT2D eigenvalue weighted by Crippen LogP contribution is -1.96. The molecule has 90 valence electrons. The van der Waals surface area contributed by atoms with Crippen molar-refractivity contribution in [2.45, 2.75) is 25.8 Å². The Morgan fingerprint density at radius 2 is 1.94 bits per heavy atom. The van der Waals surface area contributed by atoms with E-state index < -0.39 is 0 Å². The van der Waals surface area contributed by atoms with Crippen LogP contribution in [0, 0.1) is 20.8 Å². The monoisotopic (exact) mass is 265 g/mol. The molecule has 4 heteroatoms. The van der Waals surface area contributed by atoms with Gasteiger partial charge in [-0.3, -0.25) is 0 Å². The highest BCUT2D eigenvalue weighted by atomic mass is 32.1. The third kappa shape index (κ3) is 2.19. The summed E-state index contributed by atoms with van der Waals surface area (Å²) < 4.78 is 5.54. The maximum atomic E-state index is 5.54. The van der Waals surface area contributed by atoms with Crippen molar-refractivity contribution in [3.05, 3.63) is 28.1 Å². The van der Waals surface area contributed by atoms with Gasteiger partial charge in [0.1, 0.15) is 15.8 Å². The molecule has 0 spiro atoms. The lowest BCUT2D eigenvalue weighted by molar-refractivity contribution is 0.412. The van der Waals surface area contributed by atoms with E-state index in [1.54, 1.807) is 18.4 Å². The summed E-state index contributed by atoms with van der Waals surface area (Å²) in [5, 5.41) is 3.66. The van der Waals surface area contributed by atoms with Crippen LogP contribution in [0.5, 0.6) is 5.75 Å². The Labute approximate surface area is 111 Å². The number of thiazole rings is 1. The molecule has 0 aliphatic carbocycles. The smallest absolute Gasteiger partial charge is 0.132 e. The van der Waals surface area contributed by atoms with Gasteiger partial charge in [-0.25, -0.2) is 4.98 Å². The number of hydrogen-bond donors (Lipinski definition) is 1. The van der Waals surface area contributed by atoms with Crippen molar-refractivity contribution in [2.75, 3.05) is 7.11 Å². The minimum absolute atomic E-state index is 0.754. The van der Waals surface area contributed by atoms with Crippen molar-refractivity contribution < 1.29 is 4.74 Å². The molecule has 0 N–H and O–H groups in total. The lowest BCUT2D eigenvalue weighted by atomic mass is 9.99. The number of aryl methyl sites for hydroxylation is 2. The Morgan fingerprint density at radius 1 is 1.24 bits per heavy atom. The van der Waals surface area contributed by atoms with Gasteiger partial charge in [0.05, 0.1) is 12.7 Å². The summed E-state index contributed by atoms with van der Waals surface area (Å²) >= 11 is 5.85. The van der Waals surface area contributed by atoms with Gasteiger partial charge >= 0.3 is 0 Å². The van der Waals surface area contributed by atoms with E-state index in [0.717, 1.165) is 21.3 Å². The molecule has 0 aliphatic rings. The van der Waals surface area contributed by atoms with E-state index in [1.165, 1.54) is 16.7 Å². The third-order valence-corrected chi connectivity index (χ3v) is 4.16. The van der Waals surface area contributed by atoms with Crippen molar-refractivity contribution >= 4 is 24.0 Å². The maximum Gasteiger partial charge on any atom is 0.132 e. The summed E-state index contributed by atoms with van der Waals surface area (Å²) in [5.74, 6) is 0.921. The van der Waals surface area contributed by atoms with Gasteiger partial charge in [-0.1, -0.05) is 6.07 Å². The normalized spacial score (nSPS) is 10.6. The fraction of sp³-hybridized carbons (Fsp3) is 0.308. The average Bonchev–Trinajstić information content (AvgIpc) is 2.69. The highest BCUT2D eigenvalue weighted by molar-refractivity contribution is 7.80. The molecule has 0 fully saturated rings. The second kappa shape index (κ2) is 4.70. The number of rotatable bonds is 2. The van der Waals surface area contributed by atoms with Crippen LogP contribution in [0.2, 0.25) is 0 Å². The largest absolute Gasteiger partial charge is 0.496 e. The third-order valence-electron chi connectivity index (χ3n) is 2.90. The first-order chi connectivity index (χ1) is 8.04. The molecular formula is C13H15NOS2. The molecule has 1 aromatic heterocycles. The molecular weight excluding hydrogens is 250 g/mol. The van der Waals surface area contributed by atoms with E-state index in [0.29, 0.717) is 0 Å². The topological polar surface area (TPSA) is 22.1 Å². The summed E-state index contributed by atoms with van der Waals surface area (Å²) in [6, 6.07) is 2.17. The highest BCUT2D eigenvalue weighted by Crippen LogP contribution is 2.39. The van der Waals surface area contributed by atoms with Crippen molar-refractivity contribution in [1.29, 1.82) is 0 Å². The van der Waals surface area contributed by atoms with Crippen molar-refractivity contribution in [3.8, 4) is 16.3 Å². The Bertz CT molecular complexity index is 561. The quantitative estimate of drug-likeness (QED) is 0.828. The Kier molecular flexibility index (Phi) is 3.45. The average molecular weight is 265 g/mol. The van der Waals surface area contributed by atoms with Gasteiger partial charge in [-0.2, -0.15) is 0 Å². The van der Waals surface area contributed by atoms with Crippen LogP contribution in [0.25, 0.3) is 10.6 Å². The number of thiol groups is 1. The maximum absolute atomic E-state index is 5.54. The summed E-state index contributed by atoms with van der Waals surface area (Å²) in [7, 11) is 1.71. The van der Waals surface area contributed by atoms with Gasteiger partial charge in [0.2, 0.25) is 0 Å². The first-order valence-electron chi connectivity index (χ1n) is 5.34. The van der Waals surface area contributed by atoms with Gasteiger partial charge in [0.25, 0.3) is 0 Å². The van der Waals surface area contributed by atoms with E-state index in [-0.39, 0.29) is 0 Å². The first kappa shape index (κ1) is 12.5. The molecule has 2 rings (SSSR count). The van der Waals surface area contributed by atoms with E-state index in [4.69, 9.17) is 4.74 Å². The molecule has 0 aliphatic heterocycles. The molecule has 0 saturated heterocycles. The standard InChI is InChI=1S/C13H15NOS2/c1-7-5-8(2)11(12(15-4)9(7)3)13-14-10(16)6-17-13/h5-6,16H,1-4H3. The lowest BCUT2D eigenvalue weighted by Gasteiger charge is -2.14. The number of nitrogens with zero attached hydrogens (tertiary/aromatic N) is 1. The van der Waals surface area contributed by atoms with E-state index in [2.05, 4.69) is 44.5 Å². The van der Waals surface area contributed by atoms with Gasteiger partial charge in [0.15, 0.2) is 0 Å². The molecule has 17 heavy (non-hydrogen) atoms. The Hall–Kier alpha value is -1.000. The summed E-state index contributed by atoms with van der Waals surface area (Å²) in [6.07, 6.45) is 0. The molecule has 0 saturated carbocycles. The number of benzene rings is 1. The fourth-order valence-electron chi connectivity index (χ4n) is 1.95. The van der Waals surface area contributed by atoms with E-state index in [1.807, 2.05) is 5.38 Å². The number of methoxy groups -OCH3 is 1. The molecule has 2 nitrogen and oxygen atoms in total. The van der Waals surface area contributed by atoms with Crippen molar-refractivity contribution in [3.63, 3.8) is 0 Å². The van der Waals surface area contributed by atoms with Crippen LogP contribution in [0.15, 0.2) is 16.5 Å². The second-order valence-corrected chi connectivity index (χ2v) is 5.37. The van der Waals surface area contributed by atoms with Crippen LogP contribution in [-0.4, -0.2) is 12.1 Å². The van der Waals surface area contributed by atoms with Crippen LogP contribution in [-0.2, 0) is 0 Å². The van der Waals surface area contributed by atoms with Crippen LogP contribution < -0.4 is 4.74 Å². The molecule has 1 aromatic carbocycles. The minimum Gasteiger partial charge on any atom is -0.496 e. The van der Waals surface area contributed by atoms with Gasteiger partial charge in [-0.05, 0) is 37.5 Å². The molecule has 2 aromatic rings. The van der Waals surface area contributed by atoms with Crippen LogP contribution >= 0.6 is 24.0 Å². The SMILES string of the molecule is COc1c(C)c(C)cc(C)c1-c1nc(S)cs1. The molecule has 0 amide bonds. The zero-order valence-corrected chi connectivity index (χ0v) is 12.1. The van der Waals surface area contributed by atoms with Gasteiger partial charge in [-0.15, -0.1) is 24.0 Å². The molecule has 0 radical (unpaired) electrons. The predicted molar refractivity (Wildman–Crippen MR) is 75.6 cm³/mol. The zero-order valence-electron chi connectivity index (χ0n) is 10.4. The minimum atomic E-state index is 0.754. The molecule has 0 unspecified atom stereocenters. The summed E-state index contributed by atoms with van der Waals surface area (Å²) in [6.45, 7) is 6.26. The second-order valence-electron chi connectivity index (χ2n) is 4.05. The van der Waals surface area contributed by atoms with Crippen LogP contribution in [0.1, 0.15) is 16.7 Å². The Morgan fingerprint density at radius 3 is 2.47 bits per heavy atom. The molecule has 1 heterocycles. The highest BCUT2D eigenvalue weighted by Gasteiger charge is 2.16. The zero-order chi connectivity index (χ0) is 12.6. The van der Waals surface area contributed by atoms with E-state index >= 15 is 0 Å². The molecule has 0 atom stereocenters. The van der Waals surface area contributed by atoms with Gasteiger partial charge < -0.3 is 4.74 Å². The van der Waals surface area contributed by atoms with Crippen molar-refractivity contribution in [2.24, 2.45) is 0 Å². The number of ether oxygens (including phenoxy) is 1. The number of hydrogen-bond acceptors (Lipinski definition) is 4. The number of aromatic nitrogens is 1. The summed E-state index contributed by atoms with van der Waals surface area (Å²) in [4.78, 5) is 4.42.